The number of halogens is 1. The number of hydrogen-bond acceptors (Lipinski definition) is 9. The van der Waals surface area contributed by atoms with E-state index in [2.05, 4.69) is 30.5 Å². The van der Waals surface area contributed by atoms with Gasteiger partial charge in [-0.1, -0.05) is 0 Å². The topological polar surface area (TPSA) is 127 Å². The number of ether oxygens (including phenoxy) is 3. The number of carbonyl (C=O) groups is 1. The molecule has 11 nitrogen and oxygen atoms in total. The molecule has 12 heteroatoms. The Morgan fingerprint density at radius 3 is 2.60 bits per heavy atom. The third-order valence-corrected chi connectivity index (χ3v) is 6.51. The number of imidazole rings is 1. The van der Waals surface area contributed by atoms with Crippen LogP contribution in [-0.4, -0.2) is 91.4 Å². The van der Waals surface area contributed by atoms with E-state index in [4.69, 9.17) is 19.2 Å². The van der Waals surface area contributed by atoms with E-state index < -0.39 is 11.7 Å². The van der Waals surface area contributed by atoms with E-state index >= 15 is 0 Å². The molecular weight excluding hydrogens is 517 g/mol. The highest BCUT2D eigenvalue weighted by Crippen LogP contribution is 2.35. The summed E-state index contributed by atoms with van der Waals surface area (Å²) in [7, 11) is 5.69. The number of anilines is 1. The summed E-state index contributed by atoms with van der Waals surface area (Å²) in [4.78, 5) is 32.0. The lowest BCUT2D eigenvalue weighted by atomic mass is 9.91. The Balaban J connectivity index is 1.52. The van der Waals surface area contributed by atoms with E-state index in [-0.39, 0.29) is 24.9 Å². The number of carbonyl (C=O) groups excluding carboxylic acids is 1. The molecule has 0 spiro atoms. The molecule has 1 saturated heterocycles. The summed E-state index contributed by atoms with van der Waals surface area (Å²) in [5.74, 6) is 0.442. The number of hydrogen-bond donors (Lipinski definition) is 3. The summed E-state index contributed by atoms with van der Waals surface area (Å²) >= 11 is 0. The third-order valence-electron chi connectivity index (χ3n) is 6.51. The molecule has 3 heterocycles. The van der Waals surface area contributed by atoms with Crippen LogP contribution in [0, 0.1) is 11.2 Å². The first-order valence-corrected chi connectivity index (χ1v) is 13.4. The highest BCUT2D eigenvalue weighted by molar-refractivity contribution is 5.82. The minimum Gasteiger partial charge on any atom is -0.385 e. The van der Waals surface area contributed by atoms with Crippen LogP contribution < -0.4 is 10.6 Å². The normalized spacial score (nSPS) is 19.1. The minimum absolute atomic E-state index is 0.138. The molecule has 3 N–H and O–H groups in total. The molecule has 0 unspecified atom stereocenters. The summed E-state index contributed by atoms with van der Waals surface area (Å²) in [6.07, 6.45) is 2.53. The summed E-state index contributed by atoms with van der Waals surface area (Å²) in [6.45, 7) is 4.88. The van der Waals surface area contributed by atoms with Crippen LogP contribution in [0.5, 0.6) is 0 Å². The number of amides is 1. The van der Waals surface area contributed by atoms with Gasteiger partial charge in [0.05, 0.1) is 35.7 Å². The number of aromatic nitrogens is 4. The van der Waals surface area contributed by atoms with Crippen molar-refractivity contribution in [1.82, 2.24) is 30.2 Å². The number of H-pyrrole nitrogens is 1. The molecule has 0 radical (unpaired) electrons. The van der Waals surface area contributed by atoms with Crippen LogP contribution >= 0.6 is 0 Å². The fourth-order valence-corrected chi connectivity index (χ4v) is 4.21. The van der Waals surface area contributed by atoms with Crippen LogP contribution in [-0.2, 0) is 19.0 Å². The number of nitrogens with zero attached hydrogens (tertiary/aromatic N) is 4. The fourth-order valence-electron chi connectivity index (χ4n) is 4.21. The molecule has 4 rings (SSSR count). The zero-order chi connectivity index (χ0) is 28.5. The van der Waals surface area contributed by atoms with Gasteiger partial charge in [0.25, 0.3) is 0 Å². The molecule has 0 atom stereocenters. The van der Waals surface area contributed by atoms with Crippen LogP contribution in [0.3, 0.4) is 0 Å². The molecule has 1 aromatic carbocycles. The largest absolute Gasteiger partial charge is 0.385 e. The van der Waals surface area contributed by atoms with Gasteiger partial charge < -0.3 is 34.7 Å². The summed E-state index contributed by atoms with van der Waals surface area (Å²) in [5.41, 5.74) is 1.67. The molecule has 1 amide bonds. The number of rotatable bonds is 13. The SMILES string of the molecule is COCCCNC(=O)C1(C)COC(c2nc(-c3ccc(F)cc3)c(-c3ccnc(NCCCN(C)C)n3)[nH]2)OC1. The second kappa shape index (κ2) is 13.8. The number of methoxy groups -OCH3 is 1. The van der Waals surface area contributed by atoms with Crippen LogP contribution in [0.1, 0.15) is 31.9 Å². The van der Waals surface area contributed by atoms with E-state index in [0.29, 0.717) is 47.6 Å². The number of nitrogens with one attached hydrogen (secondary N) is 3. The Kier molecular flexibility index (Phi) is 10.2. The van der Waals surface area contributed by atoms with Gasteiger partial charge in [0.1, 0.15) is 5.82 Å². The first-order valence-electron chi connectivity index (χ1n) is 13.4. The van der Waals surface area contributed by atoms with Gasteiger partial charge in [0.2, 0.25) is 18.1 Å². The zero-order valence-corrected chi connectivity index (χ0v) is 23.5. The molecule has 0 saturated carbocycles. The van der Waals surface area contributed by atoms with Crippen molar-refractivity contribution in [3.8, 4) is 22.6 Å². The van der Waals surface area contributed by atoms with Crippen molar-refractivity contribution in [3.63, 3.8) is 0 Å². The zero-order valence-electron chi connectivity index (χ0n) is 23.5. The van der Waals surface area contributed by atoms with E-state index in [0.717, 1.165) is 25.9 Å². The maximum Gasteiger partial charge on any atom is 0.230 e. The molecular formula is C28H38FN7O4. The molecule has 0 bridgehead atoms. The predicted octanol–water partition coefficient (Wildman–Crippen LogP) is 3.24. The van der Waals surface area contributed by atoms with Crippen molar-refractivity contribution in [2.75, 3.05) is 66.0 Å². The molecule has 3 aromatic rings. The van der Waals surface area contributed by atoms with Crippen molar-refractivity contribution in [2.24, 2.45) is 5.41 Å². The Morgan fingerprint density at radius 2 is 1.90 bits per heavy atom. The van der Waals surface area contributed by atoms with Crippen molar-refractivity contribution in [3.05, 3.63) is 48.2 Å². The lowest BCUT2D eigenvalue weighted by Crippen LogP contribution is -2.48. The number of benzene rings is 1. The van der Waals surface area contributed by atoms with Crippen molar-refractivity contribution >= 4 is 11.9 Å². The Bertz CT molecular complexity index is 1240. The smallest absolute Gasteiger partial charge is 0.230 e. The van der Waals surface area contributed by atoms with Gasteiger partial charge in [0, 0.05) is 38.6 Å². The lowest BCUT2D eigenvalue weighted by molar-refractivity contribution is -0.231. The summed E-state index contributed by atoms with van der Waals surface area (Å²) in [6, 6.07) is 7.87. The van der Waals surface area contributed by atoms with Gasteiger partial charge >= 0.3 is 0 Å². The first kappa shape index (κ1) is 29.5. The van der Waals surface area contributed by atoms with Crippen molar-refractivity contribution < 1.29 is 23.4 Å². The summed E-state index contributed by atoms with van der Waals surface area (Å²) in [5, 5.41) is 6.18. The quantitative estimate of drug-likeness (QED) is 0.273. The van der Waals surface area contributed by atoms with Gasteiger partial charge in [-0.15, -0.1) is 0 Å². The maximum absolute atomic E-state index is 13.7. The van der Waals surface area contributed by atoms with Crippen molar-refractivity contribution in [2.45, 2.75) is 26.1 Å². The Hall–Kier alpha value is -3.45. The molecule has 40 heavy (non-hydrogen) atoms. The van der Waals surface area contributed by atoms with Crippen LogP contribution in [0.15, 0.2) is 36.5 Å². The van der Waals surface area contributed by atoms with E-state index in [9.17, 15) is 9.18 Å². The summed E-state index contributed by atoms with van der Waals surface area (Å²) < 4.78 is 30.7. The lowest BCUT2D eigenvalue weighted by Gasteiger charge is -2.35. The first-order chi connectivity index (χ1) is 19.3. The second-order valence-corrected chi connectivity index (χ2v) is 10.3. The van der Waals surface area contributed by atoms with Gasteiger partial charge in [-0.2, -0.15) is 0 Å². The molecule has 2 aromatic heterocycles. The fraction of sp³-hybridized carbons (Fsp3) is 0.500. The molecule has 216 valence electrons. The Morgan fingerprint density at radius 1 is 1.15 bits per heavy atom. The van der Waals surface area contributed by atoms with E-state index in [1.807, 2.05) is 14.1 Å². The number of aromatic amines is 1. The molecule has 1 aliphatic heterocycles. The van der Waals surface area contributed by atoms with Crippen LogP contribution in [0.25, 0.3) is 22.6 Å². The molecule has 1 fully saturated rings. The Labute approximate surface area is 233 Å². The highest BCUT2D eigenvalue weighted by Gasteiger charge is 2.40. The van der Waals surface area contributed by atoms with Crippen LogP contribution in [0.2, 0.25) is 0 Å². The van der Waals surface area contributed by atoms with Gasteiger partial charge in [-0.25, -0.2) is 19.3 Å². The van der Waals surface area contributed by atoms with Gasteiger partial charge in [-0.3, -0.25) is 4.79 Å². The monoisotopic (exact) mass is 555 g/mol. The predicted molar refractivity (Wildman–Crippen MR) is 149 cm³/mol. The standard InChI is InChI=1S/C28H38FN7O4/c1-28(26(37)30-13-6-16-38-4)17-39-25(40-18-28)24-34-22(19-7-9-20(29)10-8-19)23(35-24)21-11-14-32-27(33-21)31-12-5-15-36(2)3/h7-11,14,25H,5-6,12-13,15-18H2,1-4H3,(H,30,37)(H,34,35)(H,31,32,33). The van der Waals surface area contributed by atoms with Crippen molar-refractivity contribution in [1.29, 1.82) is 0 Å². The third kappa shape index (κ3) is 7.60. The maximum atomic E-state index is 13.7. The van der Waals surface area contributed by atoms with E-state index in [1.165, 1.54) is 12.1 Å². The molecule has 0 aliphatic carbocycles. The highest BCUT2D eigenvalue weighted by atomic mass is 19.1. The van der Waals surface area contributed by atoms with E-state index in [1.54, 1.807) is 38.4 Å². The second-order valence-electron chi connectivity index (χ2n) is 10.3. The molecule has 1 aliphatic rings. The average Bonchev–Trinajstić information content (AvgIpc) is 3.40. The van der Waals surface area contributed by atoms with Gasteiger partial charge in [0.15, 0.2) is 5.82 Å². The minimum atomic E-state index is -0.835. The van der Waals surface area contributed by atoms with Gasteiger partial charge in [-0.05, 0) is 70.7 Å². The average molecular weight is 556 g/mol. The van der Waals surface area contributed by atoms with Crippen LogP contribution in [0.4, 0.5) is 10.3 Å².